The van der Waals surface area contributed by atoms with E-state index in [2.05, 4.69) is 16.1 Å². The number of carbonyl (C=O) groups excluding carboxylic acids is 1. The molecule has 1 amide bonds. The molecule has 3 heterocycles. The van der Waals surface area contributed by atoms with Crippen molar-refractivity contribution in [3.63, 3.8) is 0 Å². The third-order valence-corrected chi connectivity index (χ3v) is 5.54. The Balaban J connectivity index is 1.20. The predicted molar refractivity (Wildman–Crippen MR) is 117 cm³/mol. The summed E-state index contributed by atoms with van der Waals surface area (Å²) in [6.45, 7) is 3.95. The Morgan fingerprint density at radius 2 is 1.87 bits per heavy atom. The van der Waals surface area contributed by atoms with Gasteiger partial charge in [0.25, 0.3) is 0 Å². The van der Waals surface area contributed by atoms with Gasteiger partial charge in [0.15, 0.2) is 0 Å². The molecule has 1 aliphatic heterocycles. The lowest BCUT2D eigenvalue weighted by molar-refractivity contribution is 0.0366. The second-order valence-corrected chi connectivity index (χ2v) is 7.92. The zero-order valence-electron chi connectivity index (χ0n) is 17.8. The molecular weight excluding hydrogens is 392 g/mol. The quantitative estimate of drug-likeness (QED) is 0.583. The van der Waals surface area contributed by atoms with Crippen LogP contribution in [0.2, 0.25) is 0 Å². The summed E-state index contributed by atoms with van der Waals surface area (Å²) in [7, 11) is 0. The summed E-state index contributed by atoms with van der Waals surface area (Å²) >= 11 is 0. The Morgan fingerprint density at radius 1 is 1.06 bits per heavy atom. The van der Waals surface area contributed by atoms with E-state index in [0.717, 1.165) is 37.1 Å². The van der Waals surface area contributed by atoms with Crippen LogP contribution in [0, 0.1) is 12.8 Å². The topological polar surface area (TPSA) is 69.5 Å². The Kier molecular flexibility index (Phi) is 6.82. The summed E-state index contributed by atoms with van der Waals surface area (Å²) in [4.78, 5) is 25.9. The number of likely N-dealkylation sites (tertiary alicyclic amines) is 1. The third kappa shape index (κ3) is 6.07. The lowest BCUT2D eigenvalue weighted by atomic mass is 9.98. The maximum absolute atomic E-state index is 12.5. The average molecular weight is 421 g/mol. The highest BCUT2D eigenvalue weighted by molar-refractivity contribution is 5.70. The summed E-state index contributed by atoms with van der Waals surface area (Å²) in [6.07, 6.45) is 6.75. The number of aromatic nitrogens is 3. The van der Waals surface area contributed by atoms with Crippen LogP contribution in [0.5, 0.6) is 5.75 Å². The van der Waals surface area contributed by atoms with E-state index in [-0.39, 0.29) is 6.09 Å². The number of rotatable bonds is 7. The van der Waals surface area contributed by atoms with Gasteiger partial charge in [0.05, 0.1) is 12.4 Å². The molecule has 31 heavy (non-hydrogen) atoms. The average Bonchev–Trinajstić information content (AvgIpc) is 3.31. The molecule has 1 fully saturated rings. The number of nitrogens with zero attached hydrogens (tertiary/aromatic N) is 4. The maximum atomic E-state index is 12.5. The van der Waals surface area contributed by atoms with E-state index in [0.29, 0.717) is 31.4 Å². The zero-order chi connectivity index (χ0) is 21.5. The normalized spacial score (nSPS) is 14.4. The van der Waals surface area contributed by atoms with Crippen molar-refractivity contribution < 1.29 is 14.4 Å². The highest BCUT2D eigenvalue weighted by atomic mass is 16.7. The van der Waals surface area contributed by atoms with Crippen LogP contribution in [-0.4, -0.2) is 45.6 Å². The minimum absolute atomic E-state index is 0.289. The first-order valence-electron chi connectivity index (χ1n) is 10.8. The van der Waals surface area contributed by atoms with Gasteiger partial charge < -0.3 is 14.5 Å². The van der Waals surface area contributed by atoms with Crippen LogP contribution in [0.25, 0.3) is 0 Å². The SMILES string of the molecule is Cc1cccc(CCc2ccc(OC(=O)N3CCC(COn4cccn4)CC3)cc2)n1. The fourth-order valence-electron chi connectivity index (χ4n) is 3.70. The zero-order valence-corrected chi connectivity index (χ0v) is 17.8. The van der Waals surface area contributed by atoms with E-state index in [4.69, 9.17) is 9.57 Å². The molecule has 2 aromatic heterocycles. The van der Waals surface area contributed by atoms with Crippen LogP contribution < -0.4 is 9.57 Å². The first-order valence-corrected chi connectivity index (χ1v) is 10.8. The van der Waals surface area contributed by atoms with Gasteiger partial charge in [-0.15, -0.1) is 9.94 Å². The number of carbonyl (C=O) groups is 1. The van der Waals surface area contributed by atoms with Gasteiger partial charge in [-0.3, -0.25) is 4.98 Å². The van der Waals surface area contributed by atoms with E-state index in [1.165, 1.54) is 10.4 Å². The Hall–Kier alpha value is -3.35. The highest BCUT2D eigenvalue weighted by Crippen LogP contribution is 2.20. The van der Waals surface area contributed by atoms with Gasteiger partial charge in [0.1, 0.15) is 12.4 Å². The van der Waals surface area contributed by atoms with Crippen LogP contribution in [0.3, 0.4) is 0 Å². The first-order chi connectivity index (χ1) is 15.2. The minimum Gasteiger partial charge on any atom is -0.410 e. The maximum Gasteiger partial charge on any atom is 0.415 e. The standard InChI is InChI=1S/C24H28N4O3/c1-19-4-2-5-22(26-19)9-6-20-7-10-23(11-8-20)31-24(29)27-16-12-21(13-17-27)18-30-28-15-3-14-25-28/h2-5,7-8,10-11,14-15,21H,6,9,12-13,16-18H2,1H3. The number of piperidine rings is 1. The molecule has 0 unspecified atom stereocenters. The fourth-order valence-corrected chi connectivity index (χ4v) is 3.70. The molecule has 7 heteroatoms. The van der Waals surface area contributed by atoms with Gasteiger partial charge in [0.2, 0.25) is 0 Å². The van der Waals surface area contributed by atoms with Gasteiger partial charge in [-0.25, -0.2) is 4.79 Å². The lowest BCUT2D eigenvalue weighted by Crippen LogP contribution is -2.41. The molecule has 0 saturated carbocycles. The van der Waals surface area contributed by atoms with Crippen LogP contribution in [0.15, 0.2) is 60.9 Å². The van der Waals surface area contributed by atoms with E-state index in [1.54, 1.807) is 17.3 Å². The molecular formula is C24H28N4O3. The molecule has 162 valence electrons. The van der Waals surface area contributed by atoms with E-state index in [9.17, 15) is 4.79 Å². The van der Waals surface area contributed by atoms with E-state index >= 15 is 0 Å². The second kappa shape index (κ2) is 10.1. The monoisotopic (exact) mass is 420 g/mol. The Labute approximate surface area is 182 Å². The molecule has 4 rings (SSSR count). The van der Waals surface area contributed by atoms with Gasteiger partial charge in [-0.1, -0.05) is 18.2 Å². The molecule has 0 atom stereocenters. The lowest BCUT2D eigenvalue weighted by Gasteiger charge is -2.30. The van der Waals surface area contributed by atoms with Gasteiger partial charge >= 0.3 is 6.09 Å². The first kappa shape index (κ1) is 20.9. The molecule has 1 aliphatic rings. The summed E-state index contributed by atoms with van der Waals surface area (Å²) < 4.78 is 5.57. The summed E-state index contributed by atoms with van der Waals surface area (Å²) in [5, 5.41) is 4.03. The van der Waals surface area contributed by atoms with Crippen LogP contribution >= 0.6 is 0 Å². The summed E-state index contributed by atoms with van der Waals surface area (Å²) in [5.41, 5.74) is 3.32. The molecule has 1 aromatic carbocycles. The van der Waals surface area contributed by atoms with Crippen molar-refractivity contribution in [2.45, 2.75) is 32.6 Å². The number of benzene rings is 1. The van der Waals surface area contributed by atoms with Gasteiger partial charge in [-0.2, -0.15) is 0 Å². The highest BCUT2D eigenvalue weighted by Gasteiger charge is 2.24. The Morgan fingerprint density at radius 3 is 2.58 bits per heavy atom. The van der Waals surface area contributed by atoms with Gasteiger partial charge in [-0.05, 0) is 74.4 Å². The number of hydrogen-bond acceptors (Lipinski definition) is 5. The third-order valence-electron chi connectivity index (χ3n) is 5.54. The minimum atomic E-state index is -0.289. The van der Waals surface area contributed by atoms with Gasteiger partial charge in [0, 0.05) is 24.5 Å². The van der Waals surface area contributed by atoms with Crippen LogP contribution in [-0.2, 0) is 12.8 Å². The number of hydrogen-bond donors (Lipinski definition) is 0. The number of amides is 1. The van der Waals surface area contributed by atoms with Crippen molar-refractivity contribution in [3.05, 3.63) is 77.9 Å². The van der Waals surface area contributed by atoms with E-state index < -0.39 is 0 Å². The van der Waals surface area contributed by atoms with Crippen molar-refractivity contribution in [2.24, 2.45) is 5.92 Å². The largest absolute Gasteiger partial charge is 0.415 e. The number of aryl methyl sites for hydroxylation is 3. The number of ether oxygens (including phenoxy) is 1. The number of pyridine rings is 1. The Bertz CT molecular complexity index is 965. The van der Waals surface area contributed by atoms with E-state index in [1.807, 2.05) is 49.4 Å². The molecule has 0 bridgehead atoms. The van der Waals surface area contributed by atoms with Crippen molar-refractivity contribution in [2.75, 3.05) is 19.7 Å². The van der Waals surface area contributed by atoms with Crippen LogP contribution in [0.4, 0.5) is 4.79 Å². The molecule has 3 aromatic rings. The summed E-state index contributed by atoms with van der Waals surface area (Å²) in [6, 6.07) is 15.7. The predicted octanol–water partition coefficient (Wildman–Crippen LogP) is 3.71. The molecule has 0 spiro atoms. The fraction of sp³-hybridized carbons (Fsp3) is 0.375. The summed E-state index contributed by atoms with van der Waals surface area (Å²) in [5.74, 6) is 0.988. The molecule has 0 N–H and O–H groups in total. The smallest absolute Gasteiger partial charge is 0.410 e. The second-order valence-electron chi connectivity index (χ2n) is 7.92. The van der Waals surface area contributed by atoms with Crippen molar-refractivity contribution in [3.8, 4) is 5.75 Å². The van der Waals surface area contributed by atoms with Crippen molar-refractivity contribution in [1.82, 2.24) is 19.8 Å². The van der Waals surface area contributed by atoms with Crippen LogP contribution in [0.1, 0.15) is 29.8 Å². The molecule has 0 aliphatic carbocycles. The van der Waals surface area contributed by atoms with Crippen molar-refractivity contribution >= 4 is 6.09 Å². The van der Waals surface area contributed by atoms with Crippen molar-refractivity contribution in [1.29, 1.82) is 0 Å². The molecule has 7 nitrogen and oxygen atoms in total. The molecule has 0 radical (unpaired) electrons. The molecule has 1 saturated heterocycles.